The number of nitrogens with one attached hydrogen (secondary N) is 3. The second-order valence-corrected chi connectivity index (χ2v) is 9.93. The number of carbonyl (C=O) groups is 1. The van der Waals surface area contributed by atoms with E-state index in [1.165, 1.54) is 24.3 Å². The van der Waals surface area contributed by atoms with E-state index in [1.807, 2.05) is 0 Å². The molecule has 0 unspecified atom stereocenters. The number of fused-ring (bicyclic) bond motifs is 1. The quantitative estimate of drug-likeness (QED) is 0.331. The molecule has 0 saturated carbocycles. The lowest BCUT2D eigenvalue weighted by Crippen LogP contribution is -2.38. The van der Waals surface area contributed by atoms with Crippen molar-refractivity contribution in [3.8, 4) is 0 Å². The molecule has 1 heterocycles. The van der Waals surface area contributed by atoms with Crippen LogP contribution in [-0.4, -0.2) is 30.5 Å². The van der Waals surface area contributed by atoms with Gasteiger partial charge < -0.3 is 5.32 Å². The molecular weight excluding hydrogens is 513 g/mol. The minimum Gasteiger partial charge on any atom is -0.375 e. The largest absolute Gasteiger partial charge is 0.375 e. The first-order valence-electron chi connectivity index (χ1n) is 10.2. The van der Waals surface area contributed by atoms with Gasteiger partial charge in [-0.3, -0.25) is 19.7 Å². The van der Waals surface area contributed by atoms with Crippen LogP contribution in [0.3, 0.4) is 0 Å². The first-order valence-corrected chi connectivity index (χ1v) is 12.5. The van der Waals surface area contributed by atoms with Crippen LogP contribution in [0.15, 0.2) is 76.4 Å². The number of benzene rings is 3. The maximum Gasteiger partial charge on any atom is 0.280 e. The van der Waals surface area contributed by atoms with E-state index in [0.29, 0.717) is 10.7 Å². The summed E-state index contributed by atoms with van der Waals surface area (Å²) in [5.41, 5.74) is 2.89. The number of aromatic nitrogens is 2. The first-order chi connectivity index (χ1) is 16.7. The summed E-state index contributed by atoms with van der Waals surface area (Å²) in [4.78, 5) is 29.8. The highest BCUT2D eigenvalue weighted by Gasteiger charge is 2.19. The van der Waals surface area contributed by atoms with E-state index in [9.17, 15) is 18.0 Å². The summed E-state index contributed by atoms with van der Waals surface area (Å²) >= 11 is 12.1. The number of nitrogens with zero attached hydrogens (tertiary/aromatic N) is 2. The molecule has 4 rings (SSSR count). The van der Waals surface area contributed by atoms with E-state index < -0.39 is 21.5 Å². The average Bonchev–Trinajstić information content (AvgIpc) is 2.82. The third-order valence-electron chi connectivity index (χ3n) is 4.99. The number of amides is 1. The fourth-order valence-corrected chi connectivity index (χ4v) is 4.81. The van der Waals surface area contributed by atoms with Gasteiger partial charge in [-0.1, -0.05) is 47.5 Å². The molecule has 9 nitrogen and oxygen atoms in total. The van der Waals surface area contributed by atoms with Crippen molar-refractivity contribution in [3.63, 3.8) is 0 Å². The zero-order valence-corrected chi connectivity index (χ0v) is 20.6. The number of anilines is 2. The van der Waals surface area contributed by atoms with Gasteiger partial charge in [-0.15, -0.1) is 0 Å². The number of halogens is 2. The highest BCUT2D eigenvalue weighted by Crippen LogP contribution is 2.25. The van der Waals surface area contributed by atoms with E-state index in [-0.39, 0.29) is 38.9 Å². The maximum absolute atomic E-state index is 13.1. The van der Waals surface area contributed by atoms with Crippen molar-refractivity contribution in [1.82, 2.24) is 9.66 Å². The third-order valence-corrected chi connectivity index (χ3v) is 7.01. The zero-order valence-electron chi connectivity index (χ0n) is 18.2. The molecule has 0 aliphatic heterocycles. The number of para-hydroxylation sites is 2. The highest BCUT2D eigenvalue weighted by molar-refractivity contribution is 7.92. The van der Waals surface area contributed by atoms with Crippen LogP contribution in [0.4, 0.5) is 11.4 Å². The molecule has 0 radical (unpaired) electrons. The van der Waals surface area contributed by atoms with Crippen molar-refractivity contribution in [3.05, 3.63) is 93.0 Å². The molecule has 0 saturated heterocycles. The number of hydrogen-bond donors (Lipinski definition) is 3. The smallest absolute Gasteiger partial charge is 0.280 e. The number of aryl methyl sites for hydroxylation is 1. The topological polar surface area (TPSA) is 122 Å². The standard InChI is InChI=1S/C23H19Cl2N5O4S/c1-14-27-19-11-10-15(35(33,34)29-21-9-5-3-7-18(21)25)12-16(19)23(32)30(14)28-22(31)13-26-20-8-4-2-6-17(20)24/h2-12,26,29H,13H2,1H3,(H,28,31). The number of rotatable bonds is 7. The van der Waals surface area contributed by atoms with Crippen molar-refractivity contribution >= 4 is 61.4 Å². The molecule has 1 aromatic heterocycles. The van der Waals surface area contributed by atoms with Gasteiger partial charge in [-0.2, -0.15) is 0 Å². The Morgan fingerprint density at radius 1 is 0.971 bits per heavy atom. The van der Waals surface area contributed by atoms with Gasteiger partial charge in [0.2, 0.25) is 0 Å². The lowest BCUT2D eigenvalue weighted by Gasteiger charge is -2.14. The fraction of sp³-hybridized carbons (Fsp3) is 0.0870. The predicted molar refractivity (Wildman–Crippen MR) is 137 cm³/mol. The second kappa shape index (κ2) is 9.95. The maximum atomic E-state index is 13.1. The normalized spacial score (nSPS) is 11.3. The van der Waals surface area contributed by atoms with Crippen LogP contribution < -0.4 is 21.0 Å². The molecule has 3 N–H and O–H groups in total. The van der Waals surface area contributed by atoms with E-state index in [2.05, 4.69) is 20.4 Å². The number of hydrogen-bond acceptors (Lipinski definition) is 6. The fourth-order valence-electron chi connectivity index (χ4n) is 3.27. The molecule has 0 bridgehead atoms. The first kappa shape index (κ1) is 24.5. The monoisotopic (exact) mass is 531 g/mol. The van der Waals surface area contributed by atoms with Crippen LogP contribution in [0.1, 0.15) is 5.82 Å². The summed E-state index contributed by atoms with van der Waals surface area (Å²) in [6.07, 6.45) is 0. The Morgan fingerprint density at radius 3 is 2.26 bits per heavy atom. The second-order valence-electron chi connectivity index (χ2n) is 7.43. The summed E-state index contributed by atoms with van der Waals surface area (Å²) in [6, 6.07) is 17.3. The number of sulfonamides is 1. The highest BCUT2D eigenvalue weighted by atomic mass is 35.5. The van der Waals surface area contributed by atoms with Crippen LogP contribution in [0.5, 0.6) is 0 Å². The van der Waals surface area contributed by atoms with Gasteiger partial charge in [0.25, 0.3) is 21.5 Å². The molecule has 12 heteroatoms. The van der Waals surface area contributed by atoms with E-state index in [0.717, 1.165) is 4.68 Å². The summed E-state index contributed by atoms with van der Waals surface area (Å²) < 4.78 is 29.2. The molecule has 4 aromatic rings. The molecule has 0 aliphatic rings. The Bertz CT molecular complexity index is 1610. The van der Waals surface area contributed by atoms with Crippen molar-refractivity contribution < 1.29 is 13.2 Å². The van der Waals surface area contributed by atoms with Crippen molar-refractivity contribution in [2.24, 2.45) is 0 Å². The molecule has 180 valence electrons. The van der Waals surface area contributed by atoms with Gasteiger partial charge in [0.1, 0.15) is 5.82 Å². The Kier molecular flexibility index (Phi) is 6.97. The van der Waals surface area contributed by atoms with Gasteiger partial charge in [0.15, 0.2) is 0 Å². The molecule has 0 aliphatic carbocycles. The van der Waals surface area contributed by atoms with Gasteiger partial charge in [0, 0.05) is 0 Å². The lowest BCUT2D eigenvalue weighted by atomic mass is 10.2. The molecule has 3 aromatic carbocycles. The Labute approximate surface area is 210 Å². The van der Waals surface area contributed by atoms with E-state index in [4.69, 9.17) is 23.2 Å². The molecule has 0 fully saturated rings. The van der Waals surface area contributed by atoms with Gasteiger partial charge >= 0.3 is 0 Å². The third kappa shape index (κ3) is 5.40. The summed E-state index contributed by atoms with van der Waals surface area (Å²) in [6.45, 7) is 1.38. The Balaban J connectivity index is 1.61. The summed E-state index contributed by atoms with van der Waals surface area (Å²) in [7, 11) is -4.05. The SMILES string of the molecule is Cc1nc2ccc(S(=O)(=O)Nc3ccccc3Cl)cc2c(=O)n1NC(=O)CNc1ccccc1Cl. The van der Waals surface area contributed by atoms with Gasteiger partial charge in [-0.25, -0.2) is 18.1 Å². The minimum absolute atomic E-state index is 0.0111. The molecule has 0 atom stereocenters. The molecular formula is C23H19Cl2N5O4S. The minimum atomic E-state index is -4.05. The molecule has 1 amide bonds. The zero-order chi connectivity index (χ0) is 25.2. The van der Waals surface area contributed by atoms with Crippen molar-refractivity contribution in [2.75, 3.05) is 22.0 Å². The van der Waals surface area contributed by atoms with Crippen LogP contribution in [0, 0.1) is 6.92 Å². The van der Waals surface area contributed by atoms with Crippen LogP contribution in [0.2, 0.25) is 10.0 Å². The number of carbonyl (C=O) groups excluding carboxylic acids is 1. The Morgan fingerprint density at radius 2 is 1.60 bits per heavy atom. The molecule has 0 spiro atoms. The lowest BCUT2D eigenvalue weighted by molar-refractivity contribution is -0.115. The van der Waals surface area contributed by atoms with Crippen molar-refractivity contribution in [1.29, 1.82) is 0 Å². The Hall–Kier alpha value is -3.60. The van der Waals surface area contributed by atoms with Crippen LogP contribution >= 0.6 is 23.2 Å². The average molecular weight is 532 g/mol. The van der Waals surface area contributed by atoms with Crippen LogP contribution in [0.25, 0.3) is 10.9 Å². The molecule has 35 heavy (non-hydrogen) atoms. The van der Waals surface area contributed by atoms with Gasteiger partial charge in [-0.05, 0) is 49.4 Å². The van der Waals surface area contributed by atoms with Crippen molar-refractivity contribution in [2.45, 2.75) is 11.8 Å². The predicted octanol–water partition coefficient (Wildman–Crippen LogP) is 3.99. The van der Waals surface area contributed by atoms with E-state index >= 15 is 0 Å². The summed E-state index contributed by atoms with van der Waals surface area (Å²) in [5.74, 6) is -0.307. The van der Waals surface area contributed by atoms with Gasteiger partial charge in [0.05, 0.1) is 43.8 Å². The van der Waals surface area contributed by atoms with E-state index in [1.54, 1.807) is 49.4 Å². The summed E-state index contributed by atoms with van der Waals surface area (Å²) in [5, 5.41) is 3.57. The van der Waals surface area contributed by atoms with Crippen LogP contribution in [-0.2, 0) is 14.8 Å².